The Hall–Kier alpha value is -3.12. The van der Waals surface area contributed by atoms with Gasteiger partial charge in [0.25, 0.3) is 5.78 Å². The lowest BCUT2D eigenvalue weighted by atomic mass is 10.1. The molecule has 4 rings (SSSR count). The zero-order valence-electron chi connectivity index (χ0n) is 17.8. The predicted octanol–water partition coefficient (Wildman–Crippen LogP) is 0.928. The number of benzene rings is 1. The molecule has 32 heavy (non-hydrogen) atoms. The van der Waals surface area contributed by atoms with Crippen molar-refractivity contribution in [3.8, 4) is 0 Å². The van der Waals surface area contributed by atoms with Crippen LogP contribution in [0, 0.1) is 19.7 Å². The van der Waals surface area contributed by atoms with Gasteiger partial charge in [-0.05, 0) is 44.5 Å². The Morgan fingerprint density at radius 2 is 1.81 bits per heavy atom. The maximum atomic E-state index is 13.2. The summed E-state index contributed by atoms with van der Waals surface area (Å²) in [5.41, 5.74) is 7.81. The molecule has 0 bridgehead atoms. The maximum absolute atomic E-state index is 13.2. The Kier molecular flexibility index (Phi) is 5.82. The van der Waals surface area contributed by atoms with E-state index in [0.717, 1.165) is 23.4 Å². The van der Waals surface area contributed by atoms with Crippen molar-refractivity contribution >= 4 is 27.7 Å². The van der Waals surface area contributed by atoms with Crippen molar-refractivity contribution < 1.29 is 17.6 Å². The molecule has 0 spiro atoms. The first-order valence-corrected chi connectivity index (χ1v) is 11.6. The van der Waals surface area contributed by atoms with Crippen LogP contribution in [0.3, 0.4) is 0 Å². The molecular formula is C20H24FN7O3S. The summed E-state index contributed by atoms with van der Waals surface area (Å²) in [6, 6.07) is 4.76. The third-order valence-electron chi connectivity index (χ3n) is 5.65. The van der Waals surface area contributed by atoms with E-state index in [1.54, 1.807) is 11.8 Å². The van der Waals surface area contributed by atoms with Crippen LogP contribution in [0.4, 0.5) is 10.3 Å². The van der Waals surface area contributed by atoms with E-state index < -0.39 is 15.8 Å². The highest BCUT2D eigenvalue weighted by atomic mass is 32.2. The number of nitrogens with two attached hydrogens (primary N) is 1. The third kappa shape index (κ3) is 4.15. The molecule has 0 atom stereocenters. The molecular weight excluding hydrogens is 437 g/mol. The second-order valence-corrected chi connectivity index (χ2v) is 9.65. The summed E-state index contributed by atoms with van der Waals surface area (Å²) in [7, 11) is -3.76. The van der Waals surface area contributed by atoms with Crippen molar-refractivity contribution in [3.05, 3.63) is 47.0 Å². The second kappa shape index (κ2) is 8.43. The van der Waals surface area contributed by atoms with Crippen LogP contribution in [0.15, 0.2) is 29.2 Å². The van der Waals surface area contributed by atoms with Crippen LogP contribution in [-0.4, -0.2) is 69.3 Å². The first-order valence-electron chi connectivity index (χ1n) is 10.2. The van der Waals surface area contributed by atoms with Crippen molar-refractivity contribution in [3.63, 3.8) is 0 Å². The van der Waals surface area contributed by atoms with E-state index in [1.165, 1.54) is 21.0 Å². The van der Waals surface area contributed by atoms with Crippen LogP contribution in [0.1, 0.15) is 23.4 Å². The largest absolute Gasteiger partial charge is 0.366 e. The van der Waals surface area contributed by atoms with E-state index in [1.807, 2.05) is 6.92 Å². The number of sulfonamides is 1. The molecule has 2 N–H and O–H groups in total. The molecule has 1 fully saturated rings. The Bertz CT molecular complexity index is 1270. The van der Waals surface area contributed by atoms with Crippen LogP contribution < -0.4 is 5.73 Å². The van der Waals surface area contributed by atoms with Gasteiger partial charge in [-0.15, -0.1) is 5.10 Å². The fourth-order valence-corrected chi connectivity index (χ4v) is 5.35. The minimum absolute atomic E-state index is 0.0383. The van der Waals surface area contributed by atoms with Crippen molar-refractivity contribution in [2.45, 2.75) is 31.6 Å². The Balaban J connectivity index is 1.48. The molecule has 1 aromatic carbocycles. The second-order valence-electron chi connectivity index (χ2n) is 7.71. The monoisotopic (exact) mass is 461 g/mol. The SMILES string of the molecule is Cc1nc2nc(N)nn2c(C)c1CC(=O)N1CCCN(S(=O)(=O)c2ccc(F)cc2)CC1. The Labute approximate surface area is 184 Å². The van der Waals surface area contributed by atoms with Crippen LogP contribution in [-0.2, 0) is 21.2 Å². The molecule has 10 nitrogen and oxygen atoms in total. The van der Waals surface area contributed by atoms with Gasteiger partial charge in [0.15, 0.2) is 0 Å². The highest BCUT2D eigenvalue weighted by Gasteiger charge is 2.29. The maximum Gasteiger partial charge on any atom is 0.254 e. The lowest BCUT2D eigenvalue weighted by Crippen LogP contribution is -2.38. The molecule has 0 unspecified atom stereocenters. The van der Waals surface area contributed by atoms with Gasteiger partial charge in [-0.2, -0.15) is 13.8 Å². The summed E-state index contributed by atoms with van der Waals surface area (Å²) in [4.78, 5) is 23.2. The fraction of sp³-hybridized carbons (Fsp3) is 0.400. The van der Waals surface area contributed by atoms with Crippen LogP contribution >= 0.6 is 0 Å². The molecule has 170 valence electrons. The van der Waals surface area contributed by atoms with Gasteiger partial charge in [0.2, 0.25) is 21.9 Å². The van der Waals surface area contributed by atoms with Gasteiger partial charge >= 0.3 is 0 Å². The van der Waals surface area contributed by atoms with Crippen LogP contribution in [0.2, 0.25) is 0 Å². The summed E-state index contributed by atoms with van der Waals surface area (Å²) in [5, 5.41) is 4.12. The van der Waals surface area contributed by atoms with Gasteiger partial charge in [-0.1, -0.05) is 0 Å². The summed E-state index contributed by atoms with van der Waals surface area (Å²) < 4.78 is 41.8. The van der Waals surface area contributed by atoms with Gasteiger partial charge in [-0.25, -0.2) is 17.8 Å². The predicted molar refractivity (Wildman–Crippen MR) is 115 cm³/mol. The normalized spacial score (nSPS) is 15.8. The first-order chi connectivity index (χ1) is 15.2. The number of carbonyl (C=O) groups is 1. The quantitative estimate of drug-likeness (QED) is 0.612. The zero-order valence-corrected chi connectivity index (χ0v) is 18.6. The molecule has 1 aliphatic heterocycles. The number of rotatable bonds is 4. The van der Waals surface area contributed by atoms with Crippen molar-refractivity contribution in [2.75, 3.05) is 31.9 Å². The van der Waals surface area contributed by atoms with Crippen LogP contribution in [0.25, 0.3) is 5.78 Å². The molecule has 1 saturated heterocycles. The number of hydrogen-bond donors (Lipinski definition) is 1. The van der Waals surface area contributed by atoms with E-state index in [9.17, 15) is 17.6 Å². The molecule has 0 radical (unpaired) electrons. The van der Waals surface area contributed by atoms with Gasteiger partial charge < -0.3 is 10.6 Å². The smallest absolute Gasteiger partial charge is 0.254 e. The van der Waals surface area contributed by atoms with Gasteiger partial charge in [0.1, 0.15) is 5.82 Å². The summed E-state index contributed by atoms with van der Waals surface area (Å²) in [6.45, 7) is 4.80. The molecule has 3 aromatic rings. The number of carbonyl (C=O) groups excluding carboxylic acids is 1. The number of nitrogens with zero attached hydrogens (tertiary/aromatic N) is 6. The van der Waals surface area contributed by atoms with E-state index in [0.29, 0.717) is 24.4 Å². The average molecular weight is 462 g/mol. The number of hydrogen-bond acceptors (Lipinski definition) is 7. The Morgan fingerprint density at radius 3 is 2.53 bits per heavy atom. The number of amides is 1. The number of fused-ring (bicyclic) bond motifs is 1. The number of aryl methyl sites for hydroxylation is 2. The topological polar surface area (TPSA) is 127 Å². The Morgan fingerprint density at radius 1 is 1.09 bits per heavy atom. The van der Waals surface area contributed by atoms with Gasteiger partial charge in [0.05, 0.1) is 11.3 Å². The standard InChI is InChI=1S/C20H24FN7O3S/c1-13-17(14(2)28-20(23-13)24-19(22)25-28)12-18(29)26-8-3-9-27(11-10-26)32(30,31)16-6-4-15(21)5-7-16/h4-7H,3,8-12H2,1-2H3,(H2,22,25). The van der Waals surface area contributed by atoms with Crippen molar-refractivity contribution in [1.29, 1.82) is 0 Å². The third-order valence-corrected chi connectivity index (χ3v) is 7.57. The number of halogens is 1. The summed E-state index contributed by atoms with van der Waals surface area (Å²) in [6.07, 6.45) is 0.617. The first kappa shape index (κ1) is 22.1. The molecule has 2 aromatic heterocycles. The lowest BCUT2D eigenvalue weighted by molar-refractivity contribution is -0.130. The highest BCUT2D eigenvalue weighted by Crippen LogP contribution is 2.20. The van der Waals surface area contributed by atoms with E-state index in [2.05, 4.69) is 15.1 Å². The zero-order chi connectivity index (χ0) is 23.0. The van der Waals surface area contributed by atoms with Crippen molar-refractivity contribution in [2.24, 2.45) is 0 Å². The van der Waals surface area contributed by atoms with E-state index in [4.69, 9.17) is 5.73 Å². The van der Waals surface area contributed by atoms with Crippen molar-refractivity contribution in [1.82, 2.24) is 28.8 Å². The van der Waals surface area contributed by atoms with Gasteiger partial charge in [-0.3, -0.25) is 4.79 Å². The van der Waals surface area contributed by atoms with Gasteiger partial charge in [0, 0.05) is 43.1 Å². The lowest BCUT2D eigenvalue weighted by Gasteiger charge is -2.22. The number of nitrogen functional groups attached to an aromatic ring is 1. The summed E-state index contributed by atoms with van der Waals surface area (Å²) in [5.74, 6) is -0.126. The molecule has 3 heterocycles. The number of aromatic nitrogens is 4. The number of anilines is 1. The van der Waals surface area contributed by atoms with E-state index in [-0.39, 0.29) is 42.8 Å². The minimum atomic E-state index is -3.76. The van der Waals surface area contributed by atoms with Crippen LogP contribution in [0.5, 0.6) is 0 Å². The minimum Gasteiger partial charge on any atom is -0.366 e. The molecule has 0 saturated carbocycles. The molecule has 1 aliphatic rings. The fourth-order valence-electron chi connectivity index (χ4n) is 3.88. The molecule has 12 heteroatoms. The van der Waals surface area contributed by atoms with E-state index >= 15 is 0 Å². The molecule has 1 amide bonds. The average Bonchev–Trinajstić information content (AvgIpc) is 2.96. The highest BCUT2D eigenvalue weighted by molar-refractivity contribution is 7.89. The summed E-state index contributed by atoms with van der Waals surface area (Å²) >= 11 is 0. The molecule has 0 aliphatic carbocycles.